The number of piperidine rings is 1. The van der Waals surface area contributed by atoms with Crippen molar-refractivity contribution in [3.05, 3.63) is 76.4 Å². The number of hydrogen-bond acceptors (Lipinski definition) is 18. The largest absolute Gasteiger partial charge is 0.469 e. The molecule has 2 saturated carbocycles. The van der Waals surface area contributed by atoms with Crippen LogP contribution in [0.1, 0.15) is 305 Å². The predicted octanol–water partition coefficient (Wildman–Crippen LogP) is 18.5. The van der Waals surface area contributed by atoms with Crippen LogP contribution in [-0.4, -0.2) is 205 Å². The van der Waals surface area contributed by atoms with Gasteiger partial charge in [-0.3, -0.25) is 57.5 Å². The van der Waals surface area contributed by atoms with Crippen LogP contribution in [0.3, 0.4) is 0 Å². The summed E-state index contributed by atoms with van der Waals surface area (Å²) in [4.78, 5) is 161. The number of para-hydroxylation sites is 1. The van der Waals surface area contributed by atoms with Crippen LogP contribution in [0, 0.1) is 107 Å². The van der Waals surface area contributed by atoms with E-state index in [1.807, 2.05) is 119 Å². The second-order valence-electron chi connectivity index (χ2n) is 43.0. The van der Waals surface area contributed by atoms with Gasteiger partial charge in [-0.15, -0.1) is 0 Å². The standard InChI is InChI=1S/C21H29NO3.C19H27NO3.C18H31NO3.C17H29NO3.C17H31NO3.C15H25NO3/c1-14(2)19-9-6-10-22(19)21(24)18(13-20(23)25-3)17-11-15-7-4-5-8-16(15)12-17;1-12(2)15(11-18(21)23-5)19(22)20-16-9-7-6-8-14(16)10-17(20)13(3)4;1-11(2)14(10-17(20)22-5)18(21)19-15-8-6-7-13(15)9-16(19)12(3)4;1-10(2)14(9-15(19)21-5)17(20)18-13-7-6-12(8-13)16(18)11(3)4;1-11(2)13(10-15(19)21-7)16(20)18-14(12(3)4)8-9-17(18,5)6;1-10(2)12(9-14(17)19-5)15(18)16-8-6-7-13(16)11(3)4/h4-5,7-8,14,17-19H,6,9-13H2,1-3H3;6-9,12-13,15,17H,10-11H2,1-5H3;11-16H,6-10H2,1-5H3;10-14,16H,6-9H2,1-5H3;11-14H,8-10H2,1-7H3;11,13H,6-9H2,1-5H3/t18-,19-;15-,17-;13-,14-,15?,16-;12?,13?,14-,16+;13-,14-;13-/m000000/s1. The number of ether oxygens (including phenoxy) is 6. The lowest BCUT2D eigenvalue weighted by Crippen LogP contribution is -2.52. The summed E-state index contributed by atoms with van der Waals surface area (Å²) < 4.78 is 28.7. The Morgan fingerprint density at radius 2 is 0.802 bits per heavy atom. The van der Waals surface area contributed by atoms with Crippen LogP contribution in [-0.2, 0) is 105 Å². The Morgan fingerprint density at radius 1 is 0.382 bits per heavy atom. The number of benzene rings is 2. The molecular weight excluding hydrogens is 1660 g/mol. The van der Waals surface area contributed by atoms with Crippen LogP contribution in [0.2, 0.25) is 0 Å². The molecular formula is C107H172N6O18. The van der Waals surface area contributed by atoms with Crippen molar-refractivity contribution in [2.24, 2.45) is 107 Å². The van der Waals surface area contributed by atoms with E-state index in [2.05, 4.69) is 130 Å². The van der Waals surface area contributed by atoms with Crippen molar-refractivity contribution < 1.29 is 86.0 Å². The molecule has 738 valence electrons. The summed E-state index contributed by atoms with van der Waals surface area (Å²) in [6.45, 7) is 51.7. The molecule has 9 aliphatic rings. The van der Waals surface area contributed by atoms with Crippen LogP contribution in [0.4, 0.5) is 5.69 Å². The lowest BCUT2D eigenvalue weighted by atomic mass is 9.85. The van der Waals surface area contributed by atoms with E-state index >= 15 is 0 Å². The Hall–Kier alpha value is -8.18. The van der Waals surface area contributed by atoms with Gasteiger partial charge in [0.1, 0.15) is 0 Å². The van der Waals surface area contributed by atoms with E-state index < -0.39 is 0 Å². The molecule has 2 aromatic carbocycles. The summed E-state index contributed by atoms with van der Waals surface area (Å²) in [5, 5.41) is 0. The van der Waals surface area contributed by atoms with Gasteiger partial charge >= 0.3 is 35.8 Å². The predicted molar refractivity (Wildman–Crippen MR) is 514 cm³/mol. The fourth-order valence-corrected chi connectivity index (χ4v) is 22.4. The Bertz CT molecular complexity index is 4110. The second kappa shape index (κ2) is 51.5. The Labute approximate surface area is 788 Å². The average molecular weight is 1830 g/mol. The van der Waals surface area contributed by atoms with Gasteiger partial charge in [0.05, 0.1) is 111 Å². The van der Waals surface area contributed by atoms with Crippen LogP contribution in [0.5, 0.6) is 0 Å². The number of allylic oxidation sites excluding steroid dienone is 1. The highest BCUT2D eigenvalue weighted by Gasteiger charge is 2.53. The first-order chi connectivity index (χ1) is 61.6. The summed E-state index contributed by atoms with van der Waals surface area (Å²) in [7, 11) is 8.28. The lowest BCUT2D eigenvalue weighted by molar-refractivity contribution is -0.151. The van der Waals surface area contributed by atoms with Gasteiger partial charge in [-0.25, -0.2) is 0 Å². The molecule has 0 aromatic heterocycles. The van der Waals surface area contributed by atoms with Gasteiger partial charge in [0.15, 0.2) is 0 Å². The molecule has 5 saturated heterocycles. The smallest absolute Gasteiger partial charge is 0.310 e. The molecule has 15 atom stereocenters. The number of amides is 6. The molecule has 24 nitrogen and oxygen atoms in total. The summed E-state index contributed by atoms with van der Waals surface area (Å²) in [6.07, 6.45) is 18.2. The minimum atomic E-state index is -0.357. The molecule has 0 radical (unpaired) electrons. The van der Waals surface area contributed by atoms with Crippen LogP contribution in [0.15, 0.2) is 59.7 Å². The second-order valence-corrected chi connectivity index (χ2v) is 43.0. The van der Waals surface area contributed by atoms with Gasteiger partial charge in [-0.2, -0.15) is 0 Å². The number of anilines is 1. The molecule has 7 fully saturated rings. The van der Waals surface area contributed by atoms with Crippen LogP contribution >= 0.6 is 0 Å². The third kappa shape index (κ3) is 29.2. The average Bonchev–Trinajstić information content (AvgIpc) is 1.61. The van der Waals surface area contributed by atoms with E-state index in [4.69, 9.17) is 23.7 Å². The topological polar surface area (TPSA) is 280 Å². The first-order valence-electron chi connectivity index (χ1n) is 49.7. The Balaban J connectivity index is 0.000000243. The van der Waals surface area contributed by atoms with Crippen molar-refractivity contribution in [2.45, 2.75) is 361 Å². The van der Waals surface area contributed by atoms with Gasteiger partial charge < -0.3 is 57.8 Å². The highest BCUT2D eigenvalue weighted by molar-refractivity contribution is 6.00. The highest BCUT2D eigenvalue weighted by Crippen LogP contribution is 2.49. The van der Waals surface area contributed by atoms with E-state index in [1.165, 1.54) is 78.6 Å². The molecule has 6 amide bonds. The molecule has 131 heavy (non-hydrogen) atoms. The van der Waals surface area contributed by atoms with Crippen molar-refractivity contribution in [1.29, 1.82) is 0 Å². The van der Waals surface area contributed by atoms with Crippen LogP contribution < -0.4 is 4.90 Å². The summed E-state index contributed by atoms with van der Waals surface area (Å²) in [6, 6.07) is 19.0. The van der Waals surface area contributed by atoms with E-state index in [0.29, 0.717) is 89.2 Å². The van der Waals surface area contributed by atoms with Crippen molar-refractivity contribution in [3.63, 3.8) is 0 Å². The zero-order valence-electron chi connectivity index (χ0n) is 86.1. The first kappa shape index (κ1) is 112. The van der Waals surface area contributed by atoms with Crippen molar-refractivity contribution >= 4 is 76.9 Å². The number of fused-ring (bicyclic) bond motifs is 5. The molecule has 2 aromatic rings. The minimum Gasteiger partial charge on any atom is -0.469 e. The Morgan fingerprint density at radius 3 is 1.24 bits per heavy atom. The maximum Gasteiger partial charge on any atom is 0.310 e. The zero-order valence-corrected chi connectivity index (χ0v) is 86.1. The molecule has 6 aliphatic heterocycles. The molecule has 0 spiro atoms. The summed E-state index contributed by atoms with van der Waals surface area (Å²) in [5.74, 6) is 2.05. The third-order valence-corrected chi connectivity index (χ3v) is 30.2. The lowest BCUT2D eigenvalue weighted by Gasteiger charge is -2.40. The number of esters is 6. The van der Waals surface area contributed by atoms with Crippen molar-refractivity contribution in [3.8, 4) is 0 Å². The summed E-state index contributed by atoms with van der Waals surface area (Å²) >= 11 is 0. The quantitative estimate of drug-likeness (QED) is 0.0415. The number of likely N-dealkylation sites (tertiary alicyclic amines) is 5. The zero-order chi connectivity index (χ0) is 98.2. The number of hydrogen-bond donors (Lipinski definition) is 0. The maximum atomic E-state index is 13.4. The van der Waals surface area contributed by atoms with Gasteiger partial charge in [-0.1, -0.05) is 193 Å². The SMILES string of the molecule is COC(=O)CC(C(=O)N1CCC[C@H]1C(C)C)=C(C)C.COC(=O)C[C@H](C(=O)N1C2CCC(C2)[C@H]1C(C)C)C(C)C.COC(=O)C[C@H](C(=O)N1C2CCC[C@H]2C[C@H]1C(C)C)C(C)C.COC(=O)C[C@H](C(=O)N1CCC[C@H]1C(C)C)C1Cc2ccccc2C1.COC(=O)C[C@H](C(=O)N1[C@H](C(C)C)CCC1(C)C)C(C)C.COC(=O)C[C@H](C(=O)N1c2ccccc2C[C@H]1C(C)C)C(C)C. The van der Waals surface area contributed by atoms with Crippen LogP contribution in [0.25, 0.3) is 0 Å². The third-order valence-electron chi connectivity index (χ3n) is 30.2. The fraction of sp³-hybridized carbons (Fsp3) is 0.757. The highest BCUT2D eigenvalue weighted by atomic mass is 16.5. The fourth-order valence-electron chi connectivity index (χ4n) is 22.4. The molecule has 24 heteroatoms. The number of carbonyl (C=O) groups is 12. The molecule has 0 N–H and O–H groups in total. The number of carbonyl (C=O) groups excluding carboxylic acids is 12. The minimum absolute atomic E-state index is 0.00148. The van der Waals surface area contributed by atoms with Gasteiger partial charge in [0.25, 0.3) is 5.91 Å². The molecule has 11 rings (SSSR count). The maximum absolute atomic E-state index is 13.4. The molecule has 2 bridgehead atoms. The summed E-state index contributed by atoms with van der Waals surface area (Å²) in [5.41, 5.74) is 6.18. The van der Waals surface area contributed by atoms with Crippen molar-refractivity contribution in [2.75, 3.05) is 60.6 Å². The van der Waals surface area contributed by atoms with E-state index in [0.717, 1.165) is 108 Å². The van der Waals surface area contributed by atoms with Gasteiger partial charge in [-0.05, 0) is 224 Å². The number of nitrogens with zero attached hydrogens (tertiary/aromatic N) is 6. The van der Waals surface area contributed by atoms with Crippen molar-refractivity contribution in [1.82, 2.24) is 24.5 Å². The van der Waals surface area contributed by atoms with E-state index in [1.54, 1.807) is 0 Å². The van der Waals surface area contributed by atoms with E-state index in [-0.39, 0.29) is 187 Å². The normalized spacial score (nSPS) is 23.2. The van der Waals surface area contributed by atoms with Gasteiger partial charge in [0, 0.05) is 78.2 Å². The molecule has 3 aliphatic carbocycles. The van der Waals surface area contributed by atoms with Gasteiger partial charge in [0.2, 0.25) is 29.5 Å². The number of methoxy groups -OCH3 is 6. The molecule has 6 heterocycles. The first-order valence-corrected chi connectivity index (χ1v) is 49.7. The monoisotopic (exact) mass is 1830 g/mol. The molecule has 3 unspecified atom stereocenters. The Kier molecular flexibility index (Phi) is 43.9. The van der Waals surface area contributed by atoms with E-state index in [9.17, 15) is 57.5 Å². The number of rotatable bonds is 29.